The minimum Gasteiger partial charge on any atom is -0.381 e. The molecule has 1 aromatic rings. The largest absolute Gasteiger partial charge is 0.381 e. The molecule has 110 valence electrons. The average molecular weight is 275 g/mol. The second kappa shape index (κ2) is 7.00. The van der Waals surface area contributed by atoms with Crippen LogP contribution in [-0.2, 0) is 11.2 Å². The van der Waals surface area contributed by atoms with Crippen LogP contribution in [0.25, 0.3) is 0 Å². The molecule has 20 heavy (non-hydrogen) atoms. The molecule has 2 rings (SSSR count). The van der Waals surface area contributed by atoms with Gasteiger partial charge in [0.2, 0.25) is 0 Å². The maximum absolute atomic E-state index is 12.6. The monoisotopic (exact) mass is 275 g/mol. The first kappa shape index (κ1) is 15.2. The van der Waals surface area contributed by atoms with Crippen LogP contribution in [0.5, 0.6) is 0 Å². The van der Waals surface area contributed by atoms with E-state index in [1.54, 1.807) is 0 Å². The van der Waals surface area contributed by atoms with Gasteiger partial charge in [-0.15, -0.1) is 0 Å². The third-order valence-corrected chi connectivity index (χ3v) is 4.40. The van der Waals surface area contributed by atoms with E-state index in [-0.39, 0.29) is 11.8 Å². The van der Waals surface area contributed by atoms with Crippen LogP contribution >= 0.6 is 0 Å². The summed E-state index contributed by atoms with van der Waals surface area (Å²) in [5.74, 6) is 0.210. The lowest BCUT2D eigenvalue weighted by atomic mass is 9.99. The molecule has 0 radical (unpaired) electrons. The highest BCUT2D eigenvalue weighted by Gasteiger charge is 2.26. The Kier molecular flexibility index (Phi) is 5.32. The van der Waals surface area contributed by atoms with Crippen LogP contribution in [0, 0.1) is 0 Å². The zero-order valence-electron chi connectivity index (χ0n) is 12.8. The summed E-state index contributed by atoms with van der Waals surface area (Å²) in [5, 5.41) is 0. The van der Waals surface area contributed by atoms with Crippen molar-refractivity contribution >= 4 is 5.78 Å². The number of hydrogen-bond acceptors (Lipinski definition) is 3. The lowest BCUT2D eigenvalue weighted by Gasteiger charge is -2.34. The number of carbonyl (C=O) groups excluding carboxylic acids is 1. The standard InChI is InChI=1S/C17H25NO2/c1-4-14-5-7-15(8-6-14)17(19)13(2)18(3)16-9-11-20-12-10-16/h5-8,13,16H,4,9-12H2,1-3H3. The molecule has 0 saturated carbocycles. The average Bonchev–Trinajstić information content (AvgIpc) is 2.53. The molecule has 3 nitrogen and oxygen atoms in total. The Labute approximate surface area is 121 Å². The Bertz CT molecular complexity index is 435. The molecule has 1 aliphatic heterocycles. The van der Waals surface area contributed by atoms with Gasteiger partial charge in [0.15, 0.2) is 5.78 Å². The fraction of sp³-hybridized carbons (Fsp3) is 0.588. The first-order valence-corrected chi connectivity index (χ1v) is 7.56. The lowest BCUT2D eigenvalue weighted by Crippen LogP contribution is -2.45. The molecule has 1 unspecified atom stereocenters. The van der Waals surface area contributed by atoms with Gasteiger partial charge in [0.05, 0.1) is 6.04 Å². The molecule has 0 aromatic heterocycles. The molecule has 0 spiro atoms. The topological polar surface area (TPSA) is 29.5 Å². The first-order valence-electron chi connectivity index (χ1n) is 7.56. The molecule has 0 N–H and O–H groups in total. The molecular weight excluding hydrogens is 250 g/mol. The van der Waals surface area contributed by atoms with Gasteiger partial charge in [-0.3, -0.25) is 9.69 Å². The number of hydrogen-bond donors (Lipinski definition) is 0. The molecule has 1 atom stereocenters. The third-order valence-electron chi connectivity index (χ3n) is 4.40. The van der Waals surface area contributed by atoms with Crippen LogP contribution in [0.15, 0.2) is 24.3 Å². The summed E-state index contributed by atoms with van der Waals surface area (Å²) in [4.78, 5) is 14.8. The SMILES string of the molecule is CCc1ccc(C(=O)C(C)N(C)C2CCOCC2)cc1. The van der Waals surface area contributed by atoms with Crippen molar-refractivity contribution in [3.05, 3.63) is 35.4 Å². The smallest absolute Gasteiger partial charge is 0.179 e. The second-order valence-electron chi connectivity index (χ2n) is 5.60. The van der Waals surface area contributed by atoms with E-state index in [2.05, 4.69) is 31.0 Å². The molecule has 0 amide bonds. The zero-order valence-corrected chi connectivity index (χ0v) is 12.8. The highest BCUT2D eigenvalue weighted by molar-refractivity contribution is 5.99. The normalized spacial score (nSPS) is 18.2. The Morgan fingerprint density at radius 2 is 1.90 bits per heavy atom. The summed E-state index contributed by atoms with van der Waals surface area (Å²) in [5.41, 5.74) is 2.08. The van der Waals surface area contributed by atoms with Crippen LogP contribution < -0.4 is 0 Å². The highest BCUT2D eigenvalue weighted by atomic mass is 16.5. The highest BCUT2D eigenvalue weighted by Crippen LogP contribution is 2.18. The quantitative estimate of drug-likeness (QED) is 0.774. The molecule has 3 heteroatoms. The van der Waals surface area contributed by atoms with Crippen molar-refractivity contribution in [3.63, 3.8) is 0 Å². The van der Waals surface area contributed by atoms with Crippen molar-refractivity contribution in [3.8, 4) is 0 Å². The molecule has 0 bridgehead atoms. The van der Waals surface area contributed by atoms with E-state index in [1.165, 1.54) is 5.56 Å². The molecule has 1 saturated heterocycles. The number of ether oxygens (including phenoxy) is 1. The molecule has 1 aliphatic rings. The molecule has 1 aromatic carbocycles. The van der Waals surface area contributed by atoms with Crippen molar-refractivity contribution < 1.29 is 9.53 Å². The summed E-state index contributed by atoms with van der Waals surface area (Å²) in [6, 6.07) is 8.39. The van der Waals surface area contributed by atoms with Gasteiger partial charge in [-0.05, 0) is 38.8 Å². The number of carbonyl (C=O) groups is 1. The summed E-state index contributed by atoms with van der Waals surface area (Å²) < 4.78 is 5.39. The van der Waals surface area contributed by atoms with Crippen molar-refractivity contribution in [2.75, 3.05) is 20.3 Å². The van der Waals surface area contributed by atoms with Crippen molar-refractivity contribution in [1.29, 1.82) is 0 Å². The van der Waals surface area contributed by atoms with Gasteiger partial charge in [-0.25, -0.2) is 0 Å². The van der Waals surface area contributed by atoms with E-state index in [9.17, 15) is 4.79 Å². The van der Waals surface area contributed by atoms with Crippen LogP contribution in [-0.4, -0.2) is 43.0 Å². The van der Waals surface area contributed by atoms with Crippen molar-refractivity contribution in [2.24, 2.45) is 0 Å². The second-order valence-corrected chi connectivity index (χ2v) is 5.60. The predicted octanol–water partition coefficient (Wildman–Crippen LogP) is 2.93. The number of nitrogens with zero attached hydrogens (tertiary/aromatic N) is 1. The predicted molar refractivity (Wildman–Crippen MR) is 81.2 cm³/mol. The lowest BCUT2D eigenvalue weighted by molar-refractivity contribution is 0.0301. The molecular formula is C17H25NO2. The van der Waals surface area contributed by atoms with E-state index < -0.39 is 0 Å². The Morgan fingerprint density at radius 1 is 1.30 bits per heavy atom. The number of rotatable bonds is 5. The summed E-state index contributed by atoms with van der Waals surface area (Å²) in [6.45, 7) is 5.74. The van der Waals surface area contributed by atoms with E-state index >= 15 is 0 Å². The van der Waals surface area contributed by atoms with E-state index in [1.807, 2.05) is 19.1 Å². The van der Waals surface area contributed by atoms with Crippen LogP contribution in [0.4, 0.5) is 0 Å². The summed E-state index contributed by atoms with van der Waals surface area (Å²) >= 11 is 0. The van der Waals surface area contributed by atoms with Gasteiger partial charge in [-0.2, -0.15) is 0 Å². The van der Waals surface area contributed by atoms with E-state index in [4.69, 9.17) is 4.74 Å². The first-order chi connectivity index (χ1) is 9.63. The summed E-state index contributed by atoms with van der Waals surface area (Å²) in [6.07, 6.45) is 3.04. The van der Waals surface area contributed by atoms with Gasteiger partial charge in [0.1, 0.15) is 0 Å². The van der Waals surface area contributed by atoms with Gasteiger partial charge in [0, 0.05) is 24.8 Å². The van der Waals surface area contributed by atoms with Crippen LogP contribution in [0.3, 0.4) is 0 Å². The number of ketones is 1. The van der Waals surface area contributed by atoms with Crippen molar-refractivity contribution in [2.45, 2.75) is 45.2 Å². The number of benzene rings is 1. The molecule has 0 aliphatic carbocycles. The van der Waals surface area contributed by atoms with E-state index in [0.29, 0.717) is 6.04 Å². The van der Waals surface area contributed by atoms with Gasteiger partial charge in [0.25, 0.3) is 0 Å². The minimum absolute atomic E-state index is 0.0782. The number of aryl methyl sites for hydroxylation is 1. The fourth-order valence-electron chi connectivity index (χ4n) is 2.74. The van der Waals surface area contributed by atoms with Gasteiger partial charge < -0.3 is 4.74 Å². The van der Waals surface area contributed by atoms with Gasteiger partial charge in [-0.1, -0.05) is 31.2 Å². The van der Waals surface area contributed by atoms with Crippen molar-refractivity contribution in [1.82, 2.24) is 4.90 Å². The molecule has 1 fully saturated rings. The Hall–Kier alpha value is -1.19. The number of likely N-dealkylation sites (N-methyl/N-ethyl adjacent to an activating group) is 1. The van der Waals surface area contributed by atoms with Gasteiger partial charge >= 0.3 is 0 Å². The Balaban J connectivity index is 2.02. The zero-order chi connectivity index (χ0) is 14.5. The minimum atomic E-state index is -0.0782. The van der Waals surface area contributed by atoms with Crippen LogP contribution in [0.1, 0.15) is 42.6 Å². The van der Waals surface area contributed by atoms with E-state index in [0.717, 1.165) is 38.0 Å². The maximum Gasteiger partial charge on any atom is 0.179 e. The summed E-state index contributed by atoms with van der Waals surface area (Å²) in [7, 11) is 2.05. The molecule has 1 heterocycles. The maximum atomic E-state index is 12.6. The fourth-order valence-corrected chi connectivity index (χ4v) is 2.74. The van der Waals surface area contributed by atoms with Crippen LogP contribution in [0.2, 0.25) is 0 Å². The number of Topliss-reactive ketones (excluding diaryl/α,β-unsaturated/α-hetero) is 1. The Morgan fingerprint density at radius 3 is 2.45 bits per heavy atom. The third kappa shape index (κ3) is 3.47.